The molecule has 0 aliphatic rings. The molecular formula is C23H31FN4O5S. The molecule has 1 N–H and O–H groups in total. The highest BCUT2D eigenvalue weighted by atomic mass is 32.2. The van der Waals surface area contributed by atoms with Crippen LogP contribution in [-0.2, 0) is 26.3 Å². The number of carbonyl (C=O) groups is 2. The van der Waals surface area contributed by atoms with E-state index >= 15 is 0 Å². The highest BCUT2D eigenvalue weighted by Crippen LogP contribution is 2.22. The monoisotopic (exact) mass is 494 g/mol. The second kappa shape index (κ2) is 11.8. The molecule has 0 aliphatic carbocycles. The number of hydrogen-bond donors (Lipinski definition) is 1. The predicted octanol–water partition coefficient (Wildman–Crippen LogP) is 2.00. The fourth-order valence-electron chi connectivity index (χ4n) is 3.20. The van der Waals surface area contributed by atoms with Crippen LogP contribution in [0.25, 0.3) is 0 Å². The first-order chi connectivity index (χ1) is 16.0. The summed E-state index contributed by atoms with van der Waals surface area (Å²) in [6.07, 6.45) is 0. The Labute approximate surface area is 200 Å². The van der Waals surface area contributed by atoms with Gasteiger partial charge in [0, 0.05) is 27.2 Å². The standard InChI is InChI=1S/C23H31FN4O5S/c1-6-25-23(30)17(2)27(15-18-8-7-9-21(14-18)33-5)22(29)16-28(34(31,32)26(3)4)20-12-10-19(24)11-13-20/h7-14,17H,6,15-16H2,1-5H3,(H,25,30)/t17-/m1/s1. The Bertz CT molecular complexity index is 1090. The number of halogens is 1. The van der Waals surface area contributed by atoms with Gasteiger partial charge in [-0.15, -0.1) is 0 Å². The maximum absolute atomic E-state index is 13.5. The summed E-state index contributed by atoms with van der Waals surface area (Å²) in [5.41, 5.74) is 0.822. The SMILES string of the molecule is CCNC(=O)[C@@H](C)N(Cc1cccc(OC)c1)C(=O)CN(c1ccc(F)cc1)S(=O)(=O)N(C)C. The number of carbonyl (C=O) groups excluding carboxylic acids is 2. The van der Waals surface area contributed by atoms with Gasteiger partial charge in [0.2, 0.25) is 11.8 Å². The zero-order valence-corrected chi connectivity index (χ0v) is 20.8. The number of nitrogens with zero attached hydrogens (tertiary/aromatic N) is 3. The lowest BCUT2D eigenvalue weighted by atomic mass is 10.1. The van der Waals surface area contributed by atoms with E-state index in [-0.39, 0.29) is 18.1 Å². The van der Waals surface area contributed by atoms with Crippen LogP contribution in [0.3, 0.4) is 0 Å². The Hall–Kier alpha value is -3.18. The highest BCUT2D eigenvalue weighted by molar-refractivity contribution is 7.90. The van der Waals surface area contributed by atoms with E-state index in [4.69, 9.17) is 4.74 Å². The van der Waals surface area contributed by atoms with Crippen molar-refractivity contribution >= 4 is 27.7 Å². The van der Waals surface area contributed by atoms with Crippen molar-refractivity contribution in [1.82, 2.24) is 14.5 Å². The van der Waals surface area contributed by atoms with Gasteiger partial charge in [-0.3, -0.25) is 9.59 Å². The summed E-state index contributed by atoms with van der Waals surface area (Å²) in [6.45, 7) is 3.18. The van der Waals surface area contributed by atoms with Crippen molar-refractivity contribution < 1.29 is 27.1 Å². The highest BCUT2D eigenvalue weighted by Gasteiger charge is 2.32. The van der Waals surface area contributed by atoms with Crippen LogP contribution < -0.4 is 14.4 Å². The summed E-state index contributed by atoms with van der Waals surface area (Å²) in [4.78, 5) is 27.4. The van der Waals surface area contributed by atoms with E-state index in [2.05, 4.69) is 5.32 Å². The van der Waals surface area contributed by atoms with Gasteiger partial charge in [-0.25, -0.2) is 8.70 Å². The van der Waals surface area contributed by atoms with E-state index < -0.39 is 34.5 Å². The molecule has 0 saturated heterocycles. The average Bonchev–Trinajstić information content (AvgIpc) is 2.81. The number of benzene rings is 2. The zero-order valence-electron chi connectivity index (χ0n) is 20.0. The van der Waals surface area contributed by atoms with Crippen LogP contribution in [0.5, 0.6) is 5.75 Å². The average molecular weight is 495 g/mol. The number of ether oxygens (including phenoxy) is 1. The molecule has 186 valence electrons. The van der Waals surface area contributed by atoms with Gasteiger partial charge >= 0.3 is 10.2 Å². The fourth-order valence-corrected chi connectivity index (χ4v) is 4.25. The number of anilines is 1. The molecule has 0 aromatic heterocycles. The third-order valence-corrected chi connectivity index (χ3v) is 6.96. The van der Waals surface area contributed by atoms with Crippen LogP contribution in [0.4, 0.5) is 10.1 Å². The largest absolute Gasteiger partial charge is 0.497 e. The Kier molecular flexibility index (Phi) is 9.39. The first-order valence-electron chi connectivity index (χ1n) is 10.7. The Morgan fingerprint density at radius 1 is 1.12 bits per heavy atom. The van der Waals surface area contributed by atoms with E-state index in [1.165, 1.54) is 38.2 Å². The minimum atomic E-state index is -4.10. The molecule has 0 fully saturated rings. The van der Waals surface area contributed by atoms with Crippen LogP contribution in [-0.4, -0.2) is 69.8 Å². The van der Waals surface area contributed by atoms with Gasteiger partial charge in [-0.05, 0) is 55.8 Å². The number of likely N-dealkylation sites (N-methyl/N-ethyl adjacent to an activating group) is 1. The topological polar surface area (TPSA) is 99.3 Å². The molecule has 2 aromatic carbocycles. The lowest BCUT2D eigenvalue weighted by molar-refractivity contribution is -0.139. The predicted molar refractivity (Wildman–Crippen MR) is 128 cm³/mol. The van der Waals surface area contributed by atoms with E-state index in [0.717, 1.165) is 20.7 Å². The van der Waals surface area contributed by atoms with Crippen molar-refractivity contribution in [2.45, 2.75) is 26.4 Å². The molecule has 2 rings (SSSR count). The van der Waals surface area contributed by atoms with Crippen molar-refractivity contribution in [3.63, 3.8) is 0 Å². The molecule has 0 spiro atoms. The number of hydrogen-bond acceptors (Lipinski definition) is 5. The molecule has 0 aliphatic heterocycles. The summed E-state index contributed by atoms with van der Waals surface area (Å²) in [5, 5.41) is 2.69. The molecule has 9 nitrogen and oxygen atoms in total. The van der Waals surface area contributed by atoms with E-state index in [1.54, 1.807) is 38.1 Å². The summed E-state index contributed by atoms with van der Waals surface area (Å²) >= 11 is 0. The second-order valence-electron chi connectivity index (χ2n) is 7.72. The maximum atomic E-state index is 13.5. The van der Waals surface area contributed by atoms with Gasteiger partial charge in [-0.1, -0.05) is 12.1 Å². The molecule has 34 heavy (non-hydrogen) atoms. The molecule has 0 radical (unpaired) electrons. The van der Waals surface area contributed by atoms with Crippen LogP contribution >= 0.6 is 0 Å². The molecule has 2 aromatic rings. The molecule has 2 amide bonds. The van der Waals surface area contributed by atoms with Crippen molar-refractivity contribution in [3.05, 3.63) is 59.9 Å². The lowest BCUT2D eigenvalue weighted by Gasteiger charge is -2.32. The third-order valence-electron chi connectivity index (χ3n) is 5.14. The normalized spacial score (nSPS) is 12.2. The van der Waals surface area contributed by atoms with E-state index in [1.807, 2.05) is 0 Å². The van der Waals surface area contributed by atoms with Gasteiger partial charge in [0.05, 0.1) is 12.8 Å². The summed E-state index contributed by atoms with van der Waals surface area (Å²) < 4.78 is 46.6. The van der Waals surface area contributed by atoms with Crippen LogP contribution in [0.15, 0.2) is 48.5 Å². The molecule has 0 saturated carbocycles. The minimum Gasteiger partial charge on any atom is -0.497 e. The molecule has 0 unspecified atom stereocenters. The Morgan fingerprint density at radius 2 is 1.76 bits per heavy atom. The van der Waals surface area contributed by atoms with E-state index in [0.29, 0.717) is 17.9 Å². The summed E-state index contributed by atoms with van der Waals surface area (Å²) in [6, 6.07) is 10.9. The van der Waals surface area contributed by atoms with Crippen LogP contribution in [0.1, 0.15) is 19.4 Å². The van der Waals surface area contributed by atoms with Crippen molar-refractivity contribution in [1.29, 1.82) is 0 Å². The number of amides is 2. The van der Waals surface area contributed by atoms with Gasteiger partial charge in [0.15, 0.2) is 0 Å². The van der Waals surface area contributed by atoms with Gasteiger partial charge in [0.1, 0.15) is 24.2 Å². The van der Waals surface area contributed by atoms with Gasteiger partial charge in [-0.2, -0.15) is 12.7 Å². The Balaban J connectivity index is 2.45. The first kappa shape index (κ1) is 27.1. The quantitative estimate of drug-likeness (QED) is 0.515. The molecule has 1 atom stereocenters. The minimum absolute atomic E-state index is 0.0492. The Morgan fingerprint density at radius 3 is 2.32 bits per heavy atom. The summed E-state index contributed by atoms with van der Waals surface area (Å²) in [5.74, 6) is -0.931. The number of methoxy groups -OCH3 is 1. The van der Waals surface area contributed by atoms with E-state index in [9.17, 15) is 22.4 Å². The molecule has 11 heteroatoms. The lowest BCUT2D eigenvalue weighted by Crippen LogP contribution is -2.52. The third kappa shape index (κ3) is 6.67. The van der Waals surface area contributed by atoms with Crippen LogP contribution in [0, 0.1) is 5.82 Å². The zero-order chi connectivity index (χ0) is 25.5. The second-order valence-corrected chi connectivity index (χ2v) is 9.78. The van der Waals surface area contributed by atoms with Crippen molar-refractivity contribution in [3.8, 4) is 5.75 Å². The number of rotatable bonds is 11. The molecule has 0 heterocycles. The molecule has 0 bridgehead atoms. The van der Waals surface area contributed by atoms with Crippen LogP contribution in [0.2, 0.25) is 0 Å². The summed E-state index contributed by atoms with van der Waals surface area (Å²) in [7, 11) is 0.0928. The van der Waals surface area contributed by atoms with Gasteiger partial charge < -0.3 is 15.0 Å². The first-order valence-corrected chi connectivity index (χ1v) is 12.1. The smallest absolute Gasteiger partial charge is 0.304 e. The number of nitrogens with one attached hydrogen (secondary N) is 1. The molecular weight excluding hydrogens is 463 g/mol. The fraction of sp³-hybridized carbons (Fsp3) is 0.391. The van der Waals surface area contributed by atoms with Crippen molar-refractivity contribution in [2.24, 2.45) is 0 Å². The van der Waals surface area contributed by atoms with Gasteiger partial charge in [0.25, 0.3) is 0 Å². The maximum Gasteiger partial charge on any atom is 0.304 e. The van der Waals surface area contributed by atoms with Crippen molar-refractivity contribution in [2.75, 3.05) is 38.6 Å².